The van der Waals surface area contributed by atoms with Gasteiger partial charge in [-0.25, -0.2) is 0 Å². The zero-order valence-corrected chi connectivity index (χ0v) is 10.7. The number of hydrogen-bond acceptors (Lipinski definition) is 4. The lowest BCUT2D eigenvalue weighted by atomic mass is 10.1. The third-order valence-corrected chi connectivity index (χ3v) is 2.79. The molecular weight excluding hydrogens is 224 g/mol. The second-order valence-corrected chi connectivity index (χ2v) is 4.41. The van der Waals surface area contributed by atoms with Gasteiger partial charge in [-0.3, -0.25) is 0 Å². The quantitative estimate of drug-likeness (QED) is 0.778. The fourth-order valence-corrected chi connectivity index (χ4v) is 1.55. The topological polar surface area (TPSA) is 38.7 Å². The molecule has 0 aliphatic carbocycles. The third kappa shape index (κ3) is 3.61. The first-order chi connectivity index (χ1) is 7.69. The molecule has 0 bridgehead atoms. The molecule has 0 spiro atoms. The maximum Gasteiger partial charge on any atom is 0.161 e. The molecule has 16 heavy (non-hydrogen) atoms. The maximum atomic E-state index is 9.45. The van der Waals surface area contributed by atoms with Crippen LogP contribution in [0.15, 0.2) is 18.2 Å². The van der Waals surface area contributed by atoms with E-state index >= 15 is 0 Å². The van der Waals surface area contributed by atoms with Gasteiger partial charge in [-0.05, 0) is 30.9 Å². The molecule has 1 N–H and O–H groups in total. The van der Waals surface area contributed by atoms with Crippen molar-refractivity contribution in [2.45, 2.75) is 13.0 Å². The van der Waals surface area contributed by atoms with E-state index in [2.05, 4.69) is 0 Å². The zero-order chi connectivity index (χ0) is 12.0. The summed E-state index contributed by atoms with van der Waals surface area (Å²) < 4.78 is 10.8. The average Bonchev–Trinajstić information content (AvgIpc) is 2.29. The average molecular weight is 242 g/mol. The van der Waals surface area contributed by atoms with E-state index in [1.54, 1.807) is 31.9 Å². The van der Waals surface area contributed by atoms with Gasteiger partial charge in [-0.15, -0.1) is 0 Å². The molecule has 3 nitrogen and oxygen atoms in total. The minimum Gasteiger partial charge on any atom is -0.493 e. The summed E-state index contributed by atoms with van der Waals surface area (Å²) in [5, 5.41) is 9.45. The second kappa shape index (κ2) is 6.66. The molecule has 0 aromatic heterocycles. The molecule has 0 aliphatic rings. The fraction of sp³-hybridized carbons (Fsp3) is 0.500. The Bertz CT molecular complexity index is 326. The van der Waals surface area contributed by atoms with Crippen LogP contribution >= 0.6 is 11.8 Å². The van der Waals surface area contributed by atoms with Gasteiger partial charge in [-0.2, -0.15) is 11.8 Å². The normalized spacial score (nSPS) is 12.2. The molecule has 1 aromatic rings. The molecule has 1 aromatic carbocycles. The number of thioether (sulfide) groups is 1. The summed E-state index contributed by atoms with van der Waals surface area (Å²) in [7, 11) is 1.60. The summed E-state index contributed by atoms with van der Waals surface area (Å²) in [6.07, 6.45) is 1.55. The minimum absolute atomic E-state index is 0.492. The van der Waals surface area contributed by atoms with Crippen LogP contribution in [0.1, 0.15) is 18.6 Å². The molecule has 0 radical (unpaired) electrons. The van der Waals surface area contributed by atoms with Crippen LogP contribution in [0, 0.1) is 0 Å². The molecule has 0 saturated carbocycles. The molecule has 0 aliphatic heterocycles. The van der Waals surface area contributed by atoms with Crippen LogP contribution in [0.5, 0.6) is 11.5 Å². The van der Waals surface area contributed by atoms with Gasteiger partial charge in [0.15, 0.2) is 11.5 Å². The summed E-state index contributed by atoms with van der Waals surface area (Å²) in [6.45, 7) is 2.38. The first kappa shape index (κ1) is 13.2. The van der Waals surface area contributed by atoms with Crippen molar-refractivity contribution < 1.29 is 14.6 Å². The van der Waals surface area contributed by atoms with Crippen molar-refractivity contribution in [2.75, 3.05) is 25.7 Å². The predicted molar refractivity (Wildman–Crippen MR) is 67.5 cm³/mol. The van der Waals surface area contributed by atoms with E-state index in [1.807, 2.05) is 18.4 Å². The molecule has 0 amide bonds. The predicted octanol–water partition coefficient (Wildman–Crippen LogP) is 2.49. The molecule has 0 saturated heterocycles. The van der Waals surface area contributed by atoms with E-state index in [-0.39, 0.29) is 0 Å². The highest BCUT2D eigenvalue weighted by molar-refractivity contribution is 7.98. The molecule has 0 heterocycles. The number of aliphatic hydroxyl groups is 1. The zero-order valence-electron chi connectivity index (χ0n) is 9.90. The van der Waals surface area contributed by atoms with Crippen LogP contribution in [0.25, 0.3) is 0 Å². The van der Waals surface area contributed by atoms with Crippen molar-refractivity contribution in [3.05, 3.63) is 23.8 Å². The Morgan fingerprint density at radius 3 is 2.69 bits per heavy atom. The number of hydrogen-bond donors (Lipinski definition) is 1. The molecule has 0 fully saturated rings. The van der Waals surface area contributed by atoms with Gasteiger partial charge in [0.2, 0.25) is 0 Å². The molecule has 4 heteroatoms. The Labute approximate surface area is 101 Å². The standard InChI is InChI=1S/C12H18O3S/c1-9(13)10-4-5-11(12(8-10)14-2)15-6-7-16-3/h4-5,8-9,13H,6-7H2,1-3H3. The Kier molecular flexibility index (Phi) is 5.49. The van der Waals surface area contributed by atoms with E-state index in [0.29, 0.717) is 12.4 Å². The summed E-state index contributed by atoms with van der Waals surface area (Å²) >= 11 is 1.74. The Hall–Kier alpha value is -0.870. The highest BCUT2D eigenvalue weighted by atomic mass is 32.2. The van der Waals surface area contributed by atoms with E-state index < -0.39 is 6.10 Å². The first-order valence-corrected chi connectivity index (χ1v) is 6.56. The van der Waals surface area contributed by atoms with Gasteiger partial charge in [0, 0.05) is 5.75 Å². The third-order valence-electron chi connectivity index (χ3n) is 2.22. The van der Waals surface area contributed by atoms with Crippen molar-refractivity contribution in [2.24, 2.45) is 0 Å². The van der Waals surface area contributed by atoms with E-state index in [4.69, 9.17) is 9.47 Å². The summed E-state index contributed by atoms with van der Waals surface area (Å²) in [5.74, 6) is 2.34. The van der Waals surface area contributed by atoms with Crippen LogP contribution in [0.3, 0.4) is 0 Å². The van der Waals surface area contributed by atoms with Gasteiger partial charge in [-0.1, -0.05) is 6.07 Å². The Morgan fingerprint density at radius 2 is 2.12 bits per heavy atom. The van der Waals surface area contributed by atoms with E-state index in [1.165, 1.54) is 0 Å². The molecule has 1 rings (SSSR count). The number of methoxy groups -OCH3 is 1. The molecule has 1 unspecified atom stereocenters. The van der Waals surface area contributed by atoms with Crippen LogP contribution in [-0.4, -0.2) is 30.8 Å². The highest BCUT2D eigenvalue weighted by Gasteiger charge is 2.08. The monoisotopic (exact) mass is 242 g/mol. The van der Waals surface area contributed by atoms with Gasteiger partial charge in [0.05, 0.1) is 19.8 Å². The molecular formula is C12H18O3S. The lowest BCUT2D eigenvalue weighted by Gasteiger charge is -2.12. The van der Waals surface area contributed by atoms with Crippen LogP contribution in [0.4, 0.5) is 0 Å². The van der Waals surface area contributed by atoms with Gasteiger partial charge < -0.3 is 14.6 Å². The van der Waals surface area contributed by atoms with E-state index in [0.717, 1.165) is 17.1 Å². The Balaban J connectivity index is 2.76. The number of aliphatic hydroxyl groups excluding tert-OH is 1. The molecule has 90 valence electrons. The SMILES string of the molecule is COc1cc(C(C)O)ccc1OCCSC. The van der Waals surface area contributed by atoms with Crippen LogP contribution in [-0.2, 0) is 0 Å². The summed E-state index contributed by atoms with van der Waals surface area (Å²) in [6, 6.07) is 5.49. The number of ether oxygens (including phenoxy) is 2. The first-order valence-electron chi connectivity index (χ1n) is 5.16. The van der Waals surface area contributed by atoms with Crippen LogP contribution < -0.4 is 9.47 Å². The largest absolute Gasteiger partial charge is 0.493 e. The number of rotatable bonds is 6. The lowest BCUT2D eigenvalue weighted by Crippen LogP contribution is -2.02. The van der Waals surface area contributed by atoms with Crippen molar-refractivity contribution in [3.8, 4) is 11.5 Å². The van der Waals surface area contributed by atoms with Gasteiger partial charge in [0.1, 0.15) is 0 Å². The summed E-state index contributed by atoms with van der Waals surface area (Å²) in [4.78, 5) is 0. The van der Waals surface area contributed by atoms with E-state index in [9.17, 15) is 5.11 Å². The van der Waals surface area contributed by atoms with Gasteiger partial charge in [0.25, 0.3) is 0 Å². The fourth-order valence-electron chi connectivity index (χ4n) is 1.30. The minimum atomic E-state index is -0.492. The number of benzene rings is 1. The van der Waals surface area contributed by atoms with Crippen molar-refractivity contribution in [3.63, 3.8) is 0 Å². The lowest BCUT2D eigenvalue weighted by molar-refractivity contribution is 0.198. The smallest absolute Gasteiger partial charge is 0.161 e. The summed E-state index contributed by atoms with van der Waals surface area (Å²) in [5.41, 5.74) is 0.828. The molecule has 1 atom stereocenters. The Morgan fingerprint density at radius 1 is 1.38 bits per heavy atom. The maximum absolute atomic E-state index is 9.45. The van der Waals surface area contributed by atoms with Gasteiger partial charge >= 0.3 is 0 Å². The van der Waals surface area contributed by atoms with Crippen LogP contribution in [0.2, 0.25) is 0 Å². The van der Waals surface area contributed by atoms with Crippen molar-refractivity contribution >= 4 is 11.8 Å². The van der Waals surface area contributed by atoms with Crippen molar-refractivity contribution in [1.29, 1.82) is 0 Å². The van der Waals surface area contributed by atoms with Crippen molar-refractivity contribution in [1.82, 2.24) is 0 Å². The highest BCUT2D eigenvalue weighted by Crippen LogP contribution is 2.30. The second-order valence-electron chi connectivity index (χ2n) is 3.43.